The van der Waals surface area contributed by atoms with Crippen molar-refractivity contribution in [3.63, 3.8) is 0 Å². The van der Waals surface area contributed by atoms with E-state index in [1.807, 2.05) is 98.0 Å². The first-order valence-electron chi connectivity index (χ1n) is 25.8. The van der Waals surface area contributed by atoms with E-state index in [1.54, 1.807) is 54.6 Å². The maximum absolute atomic E-state index is 13.7. The molecule has 0 unspecified atom stereocenters. The van der Waals surface area contributed by atoms with Gasteiger partial charge in [-0.3, -0.25) is 14.4 Å². The van der Waals surface area contributed by atoms with Crippen molar-refractivity contribution in [1.29, 1.82) is 0 Å². The molecule has 2 aliphatic rings. The van der Waals surface area contributed by atoms with Crippen LogP contribution in [0, 0.1) is 6.92 Å². The van der Waals surface area contributed by atoms with E-state index in [0.717, 1.165) is 22.2 Å². The predicted octanol–water partition coefficient (Wildman–Crippen LogP) is 13.6. The van der Waals surface area contributed by atoms with Crippen LogP contribution in [0.1, 0.15) is 59.4 Å². The van der Waals surface area contributed by atoms with Gasteiger partial charge < -0.3 is 56.6 Å². The fourth-order valence-electron chi connectivity index (χ4n) is 10.1. The Morgan fingerprint density at radius 2 is 0.646 bits per heavy atom. The number of nitrogens with one attached hydrogen (secondary N) is 5. The Kier molecular flexibility index (Phi) is 13.1. The molecule has 0 fully saturated rings. The third-order valence-electron chi connectivity index (χ3n) is 14.1. The first kappa shape index (κ1) is 51.1. The molecule has 82 heavy (non-hydrogen) atoms. The minimum Gasteiger partial charge on any atom is -0.504 e. The number of H-pyrrole nitrogens is 2. The van der Waals surface area contributed by atoms with Crippen LogP contribution in [0.2, 0.25) is 0 Å². The van der Waals surface area contributed by atoms with Gasteiger partial charge in [0.05, 0.1) is 39.5 Å². The Morgan fingerprint density at radius 1 is 0.354 bits per heavy atom. The molecule has 3 amide bonds. The number of hydrogen-bond acceptors (Lipinski definition) is 11. The molecule has 0 radical (unpaired) electrons. The summed E-state index contributed by atoms with van der Waals surface area (Å²) in [5.41, 5.74) is 12.2. The van der Waals surface area contributed by atoms with Crippen LogP contribution < -0.4 is 16.0 Å². The maximum atomic E-state index is 13.7. The van der Waals surface area contributed by atoms with Crippen LogP contribution in [0.4, 0.5) is 17.1 Å². The number of aromatic hydroxyl groups is 6. The van der Waals surface area contributed by atoms with Crippen LogP contribution in [0.15, 0.2) is 176 Å². The third kappa shape index (κ3) is 9.75. The van der Waals surface area contributed by atoms with E-state index in [-0.39, 0.29) is 16.7 Å². The van der Waals surface area contributed by atoms with E-state index in [4.69, 9.17) is 9.97 Å². The maximum Gasteiger partial charge on any atom is 0.259 e. The molecule has 11 N–H and O–H groups in total. The Labute approximate surface area is 467 Å². The van der Waals surface area contributed by atoms with Gasteiger partial charge in [0.1, 0.15) is 0 Å². The minimum atomic E-state index is -0.660. The lowest BCUT2D eigenvalue weighted by molar-refractivity contribution is 0.101. The fraction of sp³-hybridized carbons (Fsp3) is 0.0152. The molecule has 10 aromatic rings. The highest BCUT2D eigenvalue weighted by Gasteiger charge is 2.23. The summed E-state index contributed by atoms with van der Waals surface area (Å²) < 4.78 is 0. The summed E-state index contributed by atoms with van der Waals surface area (Å²) in [6.07, 6.45) is 7.65. The largest absolute Gasteiger partial charge is 0.504 e. The second-order valence-corrected chi connectivity index (χ2v) is 19.5. The lowest BCUT2D eigenvalue weighted by Crippen LogP contribution is -2.12. The lowest BCUT2D eigenvalue weighted by Gasteiger charge is -2.11. The molecule has 16 heteroatoms. The van der Waals surface area contributed by atoms with Gasteiger partial charge in [0, 0.05) is 61.4 Å². The van der Waals surface area contributed by atoms with E-state index < -0.39 is 52.2 Å². The van der Waals surface area contributed by atoms with Crippen LogP contribution in [0.25, 0.3) is 90.9 Å². The van der Waals surface area contributed by atoms with Crippen LogP contribution in [-0.4, -0.2) is 68.3 Å². The zero-order valence-corrected chi connectivity index (χ0v) is 43.4. The number of phenolic OH excluding ortho intramolecular Hbond substituents is 6. The van der Waals surface area contributed by atoms with Gasteiger partial charge in [-0.2, -0.15) is 0 Å². The highest BCUT2D eigenvalue weighted by atomic mass is 16.3. The quantitative estimate of drug-likeness (QED) is 0.0574. The number of aromatic nitrogens is 4. The third-order valence-corrected chi connectivity index (χ3v) is 14.1. The number of fused-ring (bicyclic) bond motifs is 8. The zero-order chi connectivity index (χ0) is 56.8. The summed E-state index contributed by atoms with van der Waals surface area (Å²) in [6.45, 7) is 2.02. The number of benzene rings is 7. The number of anilines is 3. The summed E-state index contributed by atoms with van der Waals surface area (Å²) in [7, 11) is 0. The number of hydrogen-bond donors (Lipinski definition) is 11. The SMILES string of the molecule is Cc1ccc(-c2c3nc(c(-c4cccc(NC(=O)c5cccc(O)c5O)c4)c4ccc([nH]4)c(-c4cccc(NC(=O)c5cccc(O)c5O)c4)c4nc(c(-c5cccc(NC(=O)c6cccc(O)c6O)c5)c5ccc2[nH]5)C=C4)C=C3)cc1. The highest BCUT2D eigenvalue weighted by molar-refractivity contribution is 6.09. The summed E-state index contributed by atoms with van der Waals surface area (Å²) in [5.74, 6) is -4.92. The molecule has 0 saturated heterocycles. The Balaban J connectivity index is 1.11. The minimum absolute atomic E-state index is 0.116. The van der Waals surface area contributed by atoms with Gasteiger partial charge >= 0.3 is 0 Å². The molecular weight excluding hydrogens is 1030 g/mol. The number of carbonyl (C=O) groups is 3. The second kappa shape index (κ2) is 21.0. The zero-order valence-electron chi connectivity index (χ0n) is 43.4. The lowest BCUT2D eigenvalue weighted by atomic mass is 10.0. The Hall–Kier alpha value is -11.7. The molecule has 3 aromatic heterocycles. The highest BCUT2D eigenvalue weighted by Crippen LogP contribution is 2.41. The van der Waals surface area contributed by atoms with Crippen molar-refractivity contribution in [2.24, 2.45) is 0 Å². The number of carbonyl (C=O) groups excluding carboxylic acids is 3. The Bertz CT molecular complexity index is 4430. The monoisotopic (exact) mass is 1080 g/mol. The molecule has 5 heterocycles. The van der Waals surface area contributed by atoms with E-state index in [2.05, 4.69) is 25.9 Å². The summed E-state index contributed by atoms with van der Waals surface area (Å²) in [6, 6.07) is 49.8. The fourth-order valence-corrected chi connectivity index (χ4v) is 10.1. The van der Waals surface area contributed by atoms with Gasteiger partial charge in [-0.15, -0.1) is 0 Å². The van der Waals surface area contributed by atoms with Crippen molar-refractivity contribution in [2.45, 2.75) is 6.92 Å². The smallest absolute Gasteiger partial charge is 0.259 e. The van der Waals surface area contributed by atoms with Crippen LogP contribution >= 0.6 is 0 Å². The van der Waals surface area contributed by atoms with Crippen LogP contribution in [0.3, 0.4) is 0 Å². The van der Waals surface area contributed by atoms with E-state index in [9.17, 15) is 45.0 Å². The molecule has 16 nitrogen and oxygen atoms in total. The molecule has 0 spiro atoms. The standard InChI is InChI=1S/C66H47N7O9/c1-35-20-22-36(23-21-35)57-46-24-26-48(70-46)58(37-8-2-11-40(32-37)67-64(80)43-14-5-17-54(74)61(43)77)50-28-30-52(72-50)60(39-10-4-13-42(34-39)69-66(82)45-16-7-19-56(76)63(45)79)53-31-29-51(73-53)59(49-27-25-47(57)71-49)38-9-3-12-41(33-38)68-65(81)44-15-6-18-55(75)62(44)78/h2-34,70,73-79H,1H3,(H,67,80)(H,68,81)(H,69,82). The molecule has 400 valence electrons. The van der Waals surface area contributed by atoms with Gasteiger partial charge in [0.15, 0.2) is 34.5 Å². The summed E-state index contributed by atoms with van der Waals surface area (Å²) in [5, 5.41) is 71.0. The summed E-state index contributed by atoms with van der Waals surface area (Å²) >= 11 is 0. The van der Waals surface area contributed by atoms with Crippen molar-refractivity contribution >= 4 is 81.2 Å². The molecule has 0 atom stereocenters. The van der Waals surface area contributed by atoms with Crippen molar-refractivity contribution in [3.8, 4) is 79.0 Å². The van der Waals surface area contributed by atoms with Crippen molar-refractivity contribution in [2.75, 3.05) is 16.0 Å². The first-order chi connectivity index (χ1) is 39.7. The molecule has 0 aliphatic carbocycles. The number of rotatable bonds is 10. The van der Waals surface area contributed by atoms with Crippen LogP contribution in [-0.2, 0) is 0 Å². The van der Waals surface area contributed by atoms with Gasteiger partial charge in [-0.1, -0.05) is 84.4 Å². The molecule has 2 aliphatic heterocycles. The van der Waals surface area contributed by atoms with Crippen LogP contribution in [0.5, 0.6) is 34.5 Å². The normalized spacial score (nSPS) is 11.6. The number of phenols is 6. The number of aryl methyl sites for hydroxylation is 1. The topological polar surface area (TPSA) is 266 Å². The average Bonchev–Trinajstić information content (AvgIpc) is 4.45. The first-order valence-corrected chi connectivity index (χ1v) is 25.8. The van der Waals surface area contributed by atoms with Crippen molar-refractivity contribution in [1.82, 2.24) is 19.9 Å². The Morgan fingerprint density at radius 3 is 0.963 bits per heavy atom. The summed E-state index contributed by atoms with van der Waals surface area (Å²) in [4.78, 5) is 59.1. The number of amides is 3. The van der Waals surface area contributed by atoms with E-state index >= 15 is 0 Å². The molecule has 0 saturated carbocycles. The number of nitrogens with zero attached hydrogens (tertiary/aromatic N) is 2. The molecule has 7 aromatic carbocycles. The second-order valence-electron chi connectivity index (χ2n) is 19.5. The van der Waals surface area contributed by atoms with Crippen molar-refractivity contribution in [3.05, 3.63) is 221 Å². The average molecular weight is 1080 g/mol. The predicted molar refractivity (Wildman–Crippen MR) is 319 cm³/mol. The molecular formula is C66H47N7O9. The molecule has 12 rings (SSSR count). The molecule has 8 bridgehead atoms. The van der Waals surface area contributed by atoms with Gasteiger partial charge in [0.25, 0.3) is 17.7 Å². The van der Waals surface area contributed by atoms with Gasteiger partial charge in [-0.25, -0.2) is 9.97 Å². The van der Waals surface area contributed by atoms with E-state index in [1.165, 1.54) is 54.6 Å². The van der Waals surface area contributed by atoms with E-state index in [0.29, 0.717) is 89.8 Å². The number of para-hydroxylation sites is 3. The van der Waals surface area contributed by atoms with Crippen molar-refractivity contribution < 1.29 is 45.0 Å². The number of aromatic amines is 2. The van der Waals surface area contributed by atoms with Gasteiger partial charge in [-0.05, 0) is 151 Å². The van der Waals surface area contributed by atoms with Gasteiger partial charge in [0.2, 0.25) is 0 Å².